The summed E-state index contributed by atoms with van der Waals surface area (Å²) in [5.41, 5.74) is -1.13. The van der Waals surface area contributed by atoms with E-state index in [0.29, 0.717) is 12.8 Å². The van der Waals surface area contributed by atoms with Gasteiger partial charge < -0.3 is 10.4 Å². The van der Waals surface area contributed by atoms with Gasteiger partial charge in [-0.1, -0.05) is 6.92 Å². The molecule has 0 fully saturated rings. The van der Waals surface area contributed by atoms with Gasteiger partial charge in [-0.2, -0.15) is 13.2 Å². The Morgan fingerprint density at radius 2 is 2.05 bits per heavy atom. The molecule has 0 amide bonds. The maximum atomic E-state index is 12.8. The first-order valence-corrected chi connectivity index (χ1v) is 6.19. The van der Waals surface area contributed by atoms with Gasteiger partial charge >= 0.3 is 6.18 Å². The second kappa shape index (κ2) is 6.34. The zero-order valence-corrected chi connectivity index (χ0v) is 11.1. The Hall–Kier alpha value is -1.14. The van der Waals surface area contributed by atoms with Crippen LogP contribution in [-0.4, -0.2) is 22.2 Å². The van der Waals surface area contributed by atoms with E-state index in [1.165, 1.54) is 12.3 Å². The number of pyridine rings is 1. The van der Waals surface area contributed by atoms with Crippen LogP contribution in [0.4, 0.5) is 13.2 Å². The van der Waals surface area contributed by atoms with Gasteiger partial charge in [0, 0.05) is 24.9 Å². The standard InChI is InChI=1S/C13H19F3N2O/c1-3-12(2,6-8-19)18-9-11-10(13(14,15)16)5-4-7-17-11/h4-5,7,18-19H,3,6,8-9H2,1-2H3. The fraction of sp³-hybridized carbons (Fsp3) is 0.615. The number of hydrogen-bond donors (Lipinski definition) is 2. The summed E-state index contributed by atoms with van der Waals surface area (Å²) in [4.78, 5) is 3.80. The van der Waals surface area contributed by atoms with Gasteiger partial charge in [0.05, 0.1) is 11.3 Å². The minimum Gasteiger partial charge on any atom is -0.396 e. The minimum absolute atomic E-state index is 0.00825. The molecule has 1 aromatic heterocycles. The third kappa shape index (κ3) is 4.47. The van der Waals surface area contributed by atoms with Crippen LogP contribution in [0.1, 0.15) is 37.9 Å². The molecule has 0 aliphatic carbocycles. The second-order valence-electron chi connectivity index (χ2n) is 4.74. The number of aromatic nitrogens is 1. The van der Waals surface area contributed by atoms with Crippen molar-refractivity contribution in [2.45, 2.75) is 44.9 Å². The first kappa shape index (κ1) is 15.9. The highest BCUT2D eigenvalue weighted by molar-refractivity contribution is 5.23. The molecule has 0 saturated carbocycles. The molecule has 1 unspecified atom stereocenters. The highest BCUT2D eigenvalue weighted by Crippen LogP contribution is 2.31. The summed E-state index contributed by atoms with van der Waals surface area (Å²) >= 11 is 0. The Balaban J connectivity index is 2.83. The average molecular weight is 276 g/mol. The van der Waals surface area contributed by atoms with Crippen molar-refractivity contribution in [1.82, 2.24) is 10.3 Å². The fourth-order valence-electron chi connectivity index (χ4n) is 1.77. The predicted molar refractivity (Wildman–Crippen MR) is 66.5 cm³/mol. The van der Waals surface area contributed by atoms with Gasteiger partial charge in [0.25, 0.3) is 0 Å². The van der Waals surface area contributed by atoms with E-state index in [1.54, 1.807) is 0 Å². The summed E-state index contributed by atoms with van der Waals surface area (Å²) < 4.78 is 38.4. The van der Waals surface area contributed by atoms with Crippen LogP contribution < -0.4 is 5.32 Å². The van der Waals surface area contributed by atoms with E-state index in [1.807, 2.05) is 13.8 Å². The van der Waals surface area contributed by atoms with Gasteiger partial charge in [-0.15, -0.1) is 0 Å². The predicted octanol–water partition coefficient (Wildman–Crippen LogP) is 2.74. The lowest BCUT2D eigenvalue weighted by atomic mass is 9.94. The number of aliphatic hydroxyl groups is 1. The fourth-order valence-corrected chi connectivity index (χ4v) is 1.77. The molecule has 1 aromatic rings. The van der Waals surface area contributed by atoms with Crippen molar-refractivity contribution in [2.24, 2.45) is 0 Å². The van der Waals surface area contributed by atoms with E-state index in [0.717, 1.165) is 6.07 Å². The third-order valence-electron chi connectivity index (χ3n) is 3.32. The van der Waals surface area contributed by atoms with Gasteiger partial charge in [0.15, 0.2) is 0 Å². The van der Waals surface area contributed by atoms with Crippen LogP contribution in [0.15, 0.2) is 18.3 Å². The highest BCUT2D eigenvalue weighted by atomic mass is 19.4. The van der Waals surface area contributed by atoms with E-state index in [9.17, 15) is 13.2 Å². The summed E-state index contributed by atoms with van der Waals surface area (Å²) in [6, 6.07) is 2.30. The highest BCUT2D eigenvalue weighted by Gasteiger charge is 2.34. The zero-order valence-electron chi connectivity index (χ0n) is 11.1. The summed E-state index contributed by atoms with van der Waals surface area (Å²) in [6.45, 7) is 3.82. The number of hydrogen-bond acceptors (Lipinski definition) is 3. The molecule has 1 atom stereocenters. The second-order valence-corrected chi connectivity index (χ2v) is 4.74. The van der Waals surface area contributed by atoms with Crippen molar-refractivity contribution in [3.05, 3.63) is 29.6 Å². The van der Waals surface area contributed by atoms with Crippen molar-refractivity contribution < 1.29 is 18.3 Å². The molecular formula is C13H19F3N2O. The molecule has 0 bridgehead atoms. The lowest BCUT2D eigenvalue weighted by Gasteiger charge is -2.29. The Bertz CT molecular complexity index is 409. The van der Waals surface area contributed by atoms with E-state index in [4.69, 9.17) is 5.11 Å². The first-order valence-electron chi connectivity index (χ1n) is 6.19. The summed E-state index contributed by atoms with van der Waals surface area (Å²) in [5, 5.41) is 12.0. The van der Waals surface area contributed by atoms with Crippen LogP contribution in [-0.2, 0) is 12.7 Å². The number of halogens is 3. The van der Waals surface area contributed by atoms with E-state index >= 15 is 0 Å². The van der Waals surface area contributed by atoms with Gasteiger partial charge in [-0.3, -0.25) is 4.98 Å². The molecule has 0 aliphatic rings. The van der Waals surface area contributed by atoms with Crippen LogP contribution in [0.3, 0.4) is 0 Å². The number of alkyl halides is 3. The Labute approximate surface area is 110 Å². The molecular weight excluding hydrogens is 257 g/mol. The molecule has 0 aliphatic heterocycles. The van der Waals surface area contributed by atoms with Crippen molar-refractivity contribution >= 4 is 0 Å². The lowest BCUT2D eigenvalue weighted by Crippen LogP contribution is -2.42. The maximum Gasteiger partial charge on any atom is 0.418 e. The number of aliphatic hydroxyl groups excluding tert-OH is 1. The first-order chi connectivity index (χ1) is 8.82. The molecule has 3 nitrogen and oxygen atoms in total. The number of rotatable bonds is 6. The monoisotopic (exact) mass is 276 g/mol. The van der Waals surface area contributed by atoms with Crippen LogP contribution in [0, 0.1) is 0 Å². The number of nitrogens with zero attached hydrogens (tertiary/aromatic N) is 1. The van der Waals surface area contributed by atoms with Gasteiger partial charge in [-0.25, -0.2) is 0 Å². The van der Waals surface area contributed by atoms with E-state index in [2.05, 4.69) is 10.3 Å². The smallest absolute Gasteiger partial charge is 0.396 e. The summed E-state index contributed by atoms with van der Waals surface area (Å²) in [6.07, 6.45) is -1.86. The Kier molecular flexibility index (Phi) is 5.31. The quantitative estimate of drug-likeness (QED) is 0.839. The summed E-state index contributed by atoms with van der Waals surface area (Å²) in [7, 11) is 0. The molecule has 6 heteroatoms. The van der Waals surface area contributed by atoms with E-state index < -0.39 is 17.3 Å². The maximum absolute atomic E-state index is 12.8. The van der Waals surface area contributed by atoms with Crippen LogP contribution in [0.25, 0.3) is 0 Å². The van der Waals surface area contributed by atoms with Crippen LogP contribution >= 0.6 is 0 Å². The molecule has 19 heavy (non-hydrogen) atoms. The average Bonchev–Trinajstić information content (AvgIpc) is 2.36. The van der Waals surface area contributed by atoms with Crippen LogP contribution in [0.2, 0.25) is 0 Å². The summed E-state index contributed by atoms with van der Waals surface area (Å²) in [5.74, 6) is 0. The Morgan fingerprint density at radius 3 is 2.58 bits per heavy atom. The topological polar surface area (TPSA) is 45.1 Å². The lowest BCUT2D eigenvalue weighted by molar-refractivity contribution is -0.138. The molecule has 1 rings (SSSR count). The molecule has 0 aromatic carbocycles. The largest absolute Gasteiger partial charge is 0.418 e. The molecule has 0 radical (unpaired) electrons. The van der Waals surface area contributed by atoms with Gasteiger partial charge in [0.2, 0.25) is 0 Å². The Morgan fingerprint density at radius 1 is 1.37 bits per heavy atom. The van der Waals surface area contributed by atoms with Crippen molar-refractivity contribution in [3.8, 4) is 0 Å². The van der Waals surface area contributed by atoms with E-state index in [-0.39, 0.29) is 18.8 Å². The van der Waals surface area contributed by atoms with Crippen molar-refractivity contribution in [1.29, 1.82) is 0 Å². The molecule has 0 saturated heterocycles. The number of nitrogens with one attached hydrogen (secondary N) is 1. The van der Waals surface area contributed by atoms with Crippen molar-refractivity contribution in [2.75, 3.05) is 6.61 Å². The SMILES string of the molecule is CCC(C)(CCO)NCc1ncccc1C(F)(F)F. The van der Waals surface area contributed by atoms with Crippen LogP contribution in [0.5, 0.6) is 0 Å². The van der Waals surface area contributed by atoms with Gasteiger partial charge in [0.1, 0.15) is 0 Å². The third-order valence-corrected chi connectivity index (χ3v) is 3.32. The molecule has 1 heterocycles. The minimum atomic E-state index is -4.40. The normalized spacial score (nSPS) is 15.3. The van der Waals surface area contributed by atoms with Gasteiger partial charge in [-0.05, 0) is 31.9 Å². The molecule has 0 spiro atoms. The molecule has 2 N–H and O–H groups in total. The zero-order chi connectivity index (χ0) is 14.5. The molecule has 108 valence electrons. The van der Waals surface area contributed by atoms with Crippen molar-refractivity contribution in [3.63, 3.8) is 0 Å².